The number of carboxylic acids is 1. The fraction of sp³-hybridized carbons (Fsp3) is 0.267. The SMILES string of the molecule is COc1ccccc1Sc1cnc(C(C)C)nc1C(=O)O. The lowest BCUT2D eigenvalue weighted by atomic mass is 10.2. The second-order valence-electron chi connectivity index (χ2n) is 4.65. The van der Waals surface area contributed by atoms with Crippen molar-refractivity contribution >= 4 is 17.7 Å². The smallest absolute Gasteiger partial charge is 0.355 e. The van der Waals surface area contributed by atoms with Crippen molar-refractivity contribution in [1.29, 1.82) is 0 Å². The zero-order valence-corrected chi connectivity index (χ0v) is 12.8. The number of carbonyl (C=O) groups is 1. The first-order valence-corrected chi connectivity index (χ1v) is 7.25. The van der Waals surface area contributed by atoms with Gasteiger partial charge in [-0.15, -0.1) is 0 Å². The quantitative estimate of drug-likeness (QED) is 0.912. The van der Waals surface area contributed by atoms with Gasteiger partial charge in [0.1, 0.15) is 11.6 Å². The maximum Gasteiger partial charge on any atom is 0.355 e. The molecule has 0 atom stereocenters. The van der Waals surface area contributed by atoms with Crippen molar-refractivity contribution in [3.63, 3.8) is 0 Å². The molecule has 5 nitrogen and oxygen atoms in total. The Hall–Kier alpha value is -2.08. The van der Waals surface area contributed by atoms with Crippen molar-refractivity contribution in [3.8, 4) is 5.75 Å². The van der Waals surface area contributed by atoms with Gasteiger partial charge in [-0.1, -0.05) is 37.7 Å². The van der Waals surface area contributed by atoms with Crippen molar-refractivity contribution in [2.45, 2.75) is 29.6 Å². The van der Waals surface area contributed by atoms with Gasteiger partial charge < -0.3 is 9.84 Å². The summed E-state index contributed by atoms with van der Waals surface area (Å²) in [4.78, 5) is 21.1. The van der Waals surface area contributed by atoms with E-state index in [1.54, 1.807) is 13.3 Å². The number of aromatic nitrogens is 2. The summed E-state index contributed by atoms with van der Waals surface area (Å²) < 4.78 is 5.27. The van der Waals surface area contributed by atoms with Gasteiger partial charge in [0.05, 0.1) is 16.9 Å². The summed E-state index contributed by atoms with van der Waals surface area (Å²) in [5.41, 5.74) is 0.0182. The number of ether oxygens (including phenoxy) is 1. The fourth-order valence-corrected chi connectivity index (χ4v) is 2.68. The monoisotopic (exact) mass is 304 g/mol. The van der Waals surface area contributed by atoms with Gasteiger partial charge in [0.25, 0.3) is 0 Å². The van der Waals surface area contributed by atoms with Crippen LogP contribution in [0.2, 0.25) is 0 Å². The molecule has 110 valence electrons. The molecule has 0 aliphatic carbocycles. The minimum absolute atomic E-state index is 0.0182. The largest absolute Gasteiger partial charge is 0.496 e. The molecule has 0 radical (unpaired) electrons. The van der Waals surface area contributed by atoms with Crippen molar-refractivity contribution in [3.05, 3.63) is 42.0 Å². The lowest BCUT2D eigenvalue weighted by molar-refractivity contribution is 0.0685. The van der Waals surface area contributed by atoms with Gasteiger partial charge in [0.15, 0.2) is 5.69 Å². The predicted octanol–water partition coefficient (Wildman–Crippen LogP) is 3.46. The van der Waals surface area contributed by atoms with E-state index in [2.05, 4.69) is 9.97 Å². The standard InChI is InChI=1S/C15H16N2O3S/c1-9(2)14-16-8-12(13(17-14)15(18)19)21-11-7-5-4-6-10(11)20-3/h4-9H,1-3H3,(H,18,19). The number of hydrogen-bond acceptors (Lipinski definition) is 5. The Morgan fingerprint density at radius 1 is 1.29 bits per heavy atom. The van der Waals surface area contributed by atoms with Gasteiger partial charge in [-0.05, 0) is 12.1 Å². The molecule has 0 bridgehead atoms. The predicted molar refractivity (Wildman–Crippen MR) is 80.2 cm³/mol. The zero-order valence-electron chi connectivity index (χ0n) is 12.0. The number of methoxy groups -OCH3 is 1. The first-order valence-electron chi connectivity index (χ1n) is 6.44. The molecule has 6 heteroatoms. The second-order valence-corrected chi connectivity index (χ2v) is 5.74. The summed E-state index contributed by atoms with van der Waals surface area (Å²) in [6.45, 7) is 3.85. The first-order chi connectivity index (χ1) is 10.0. The van der Waals surface area contributed by atoms with E-state index in [1.165, 1.54) is 11.8 Å². The van der Waals surface area contributed by atoms with Gasteiger partial charge >= 0.3 is 5.97 Å². The average molecular weight is 304 g/mol. The molecule has 1 aromatic heterocycles. The van der Waals surface area contributed by atoms with Crippen LogP contribution in [-0.4, -0.2) is 28.2 Å². The lowest BCUT2D eigenvalue weighted by Crippen LogP contribution is -2.08. The van der Waals surface area contributed by atoms with E-state index in [4.69, 9.17) is 4.74 Å². The van der Waals surface area contributed by atoms with Crippen LogP contribution in [0.25, 0.3) is 0 Å². The molecule has 21 heavy (non-hydrogen) atoms. The summed E-state index contributed by atoms with van der Waals surface area (Å²) in [5, 5.41) is 9.34. The zero-order chi connectivity index (χ0) is 15.4. The van der Waals surface area contributed by atoms with Crippen LogP contribution < -0.4 is 4.74 Å². The second kappa shape index (κ2) is 6.58. The van der Waals surface area contributed by atoms with Gasteiger partial charge in [-0.2, -0.15) is 0 Å². The molecule has 1 aromatic carbocycles. The first kappa shape index (κ1) is 15.3. The molecule has 0 fully saturated rings. The number of para-hydroxylation sites is 1. The van der Waals surface area contributed by atoms with Crippen LogP contribution in [0.1, 0.15) is 36.1 Å². The number of rotatable bonds is 5. The van der Waals surface area contributed by atoms with Gasteiger partial charge in [-0.3, -0.25) is 0 Å². The van der Waals surface area contributed by atoms with E-state index < -0.39 is 5.97 Å². The highest BCUT2D eigenvalue weighted by molar-refractivity contribution is 7.99. The Labute approximate surface area is 127 Å². The molecular weight excluding hydrogens is 288 g/mol. The van der Waals surface area contributed by atoms with E-state index in [0.717, 1.165) is 4.90 Å². The molecule has 2 rings (SSSR count). The fourth-order valence-electron chi connectivity index (χ4n) is 1.71. The molecule has 1 heterocycles. The highest BCUT2D eigenvalue weighted by Crippen LogP contribution is 2.35. The molecule has 0 saturated heterocycles. The molecule has 1 N–H and O–H groups in total. The highest BCUT2D eigenvalue weighted by atomic mass is 32.2. The number of carboxylic acid groups (broad SMARTS) is 1. The number of aromatic carboxylic acids is 1. The Kier molecular flexibility index (Phi) is 4.80. The van der Waals surface area contributed by atoms with Crippen molar-refractivity contribution < 1.29 is 14.6 Å². The lowest BCUT2D eigenvalue weighted by Gasteiger charge is -2.10. The maximum atomic E-state index is 11.4. The molecule has 0 spiro atoms. The molecule has 2 aromatic rings. The Bertz CT molecular complexity index is 659. The van der Waals surface area contributed by atoms with E-state index >= 15 is 0 Å². The van der Waals surface area contributed by atoms with Crippen LogP contribution in [0.5, 0.6) is 5.75 Å². The third-order valence-electron chi connectivity index (χ3n) is 2.78. The van der Waals surface area contributed by atoms with Crippen LogP contribution in [0.4, 0.5) is 0 Å². The highest BCUT2D eigenvalue weighted by Gasteiger charge is 2.17. The van der Waals surface area contributed by atoms with Gasteiger partial charge in [-0.25, -0.2) is 14.8 Å². The Morgan fingerprint density at radius 2 is 2.00 bits per heavy atom. The van der Waals surface area contributed by atoms with Crippen LogP contribution in [0, 0.1) is 0 Å². The Morgan fingerprint density at radius 3 is 2.62 bits per heavy atom. The van der Waals surface area contributed by atoms with Crippen molar-refractivity contribution in [2.75, 3.05) is 7.11 Å². The summed E-state index contributed by atoms with van der Waals surface area (Å²) in [6.07, 6.45) is 1.56. The van der Waals surface area contributed by atoms with E-state index in [-0.39, 0.29) is 11.6 Å². The van der Waals surface area contributed by atoms with E-state index in [9.17, 15) is 9.90 Å². The van der Waals surface area contributed by atoms with Crippen LogP contribution >= 0.6 is 11.8 Å². The van der Waals surface area contributed by atoms with Crippen LogP contribution in [0.3, 0.4) is 0 Å². The van der Waals surface area contributed by atoms with E-state index in [1.807, 2.05) is 38.1 Å². The topological polar surface area (TPSA) is 72.3 Å². The Balaban J connectivity index is 2.42. The number of hydrogen-bond donors (Lipinski definition) is 1. The van der Waals surface area contributed by atoms with Crippen molar-refractivity contribution in [1.82, 2.24) is 9.97 Å². The molecule has 0 saturated carbocycles. The van der Waals surface area contributed by atoms with Crippen molar-refractivity contribution in [2.24, 2.45) is 0 Å². The third-order valence-corrected chi connectivity index (χ3v) is 3.86. The average Bonchev–Trinajstić information content (AvgIpc) is 2.47. The maximum absolute atomic E-state index is 11.4. The minimum atomic E-state index is -1.06. The van der Waals surface area contributed by atoms with E-state index in [0.29, 0.717) is 16.5 Å². The number of benzene rings is 1. The normalized spacial score (nSPS) is 10.7. The van der Waals surface area contributed by atoms with Crippen LogP contribution in [0.15, 0.2) is 40.3 Å². The summed E-state index contributed by atoms with van der Waals surface area (Å²) in [5.74, 6) is 0.230. The molecule has 0 unspecified atom stereocenters. The summed E-state index contributed by atoms with van der Waals surface area (Å²) >= 11 is 1.28. The number of nitrogens with zero attached hydrogens (tertiary/aromatic N) is 2. The summed E-state index contributed by atoms with van der Waals surface area (Å²) in [6, 6.07) is 7.42. The minimum Gasteiger partial charge on any atom is -0.496 e. The molecule has 0 aliphatic rings. The van der Waals surface area contributed by atoms with Crippen LogP contribution in [-0.2, 0) is 0 Å². The van der Waals surface area contributed by atoms with Gasteiger partial charge in [0, 0.05) is 12.1 Å². The molecule has 0 aliphatic heterocycles. The molecular formula is C15H16N2O3S. The molecule has 0 amide bonds. The third kappa shape index (κ3) is 3.52. The van der Waals surface area contributed by atoms with Gasteiger partial charge in [0.2, 0.25) is 0 Å². The summed E-state index contributed by atoms with van der Waals surface area (Å²) in [7, 11) is 1.58.